The van der Waals surface area contributed by atoms with Gasteiger partial charge in [-0.1, -0.05) is 18.2 Å². The van der Waals surface area contributed by atoms with E-state index in [2.05, 4.69) is 10.0 Å². The van der Waals surface area contributed by atoms with Crippen molar-refractivity contribution >= 4 is 22.4 Å². The summed E-state index contributed by atoms with van der Waals surface area (Å²) in [5.41, 5.74) is -1.14. The molecule has 138 valence electrons. The average molecular weight is 387 g/mol. The highest BCUT2D eigenvalue weighted by Gasteiger charge is 2.34. The quantitative estimate of drug-likeness (QED) is 0.818. The summed E-state index contributed by atoms with van der Waals surface area (Å²) in [5, 5.41) is 3.20. The van der Waals surface area contributed by atoms with Crippen LogP contribution in [0.3, 0.4) is 0 Å². The van der Waals surface area contributed by atoms with Crippen molar-refractivity contribution < 1.29 is 21.6 Å². The van der Waals surface area contributed by atoms with Crippen molar-refractivity contribution in [2.24, 2.45) is 5.92 Å². The molecule has 0 aliphatic carbocycles. The Kier molecular flexibility index (Phi) is 7.52. The lowest BCUT2D eigenvalue weighted by atomic mass is 9.94. The fourth-order valence-corrected chi connectivity index (χ4v) is 4.36. The smallest absolute Gasteiger partial charge is 0.316 e. The maximum absolute atomic E-state index is 13.0. The highest BCUT2D eigenvalue weighted by atomic mass is 35.5. The molecule has 0 aromatic heterocycles. The summed E-state index contributed by atoms with van der Waals surface area (Å²) >= 11 is 0. The Morgan fingerprint density at radius 3 is 2.58 bits per heavy atom. The molecule has 2 unspecified atom stereocenters. The SMILES string of the molecule is CC(NS(=O)(=O)Cc1ccccc1C(F)(F)F)C1CCCNC1.Cl. The van der Waals surface area contributed by atoms with E-state index in [1.807, 2.05) is 0 Å². The molecule has 2 N–H and O–H groups in total. The molecular formula is C15H22ClF3N2O2S. The topological polar surface area (TPSA) is 58.2 Å². The van der Waals surface area contributed by atoms with Gasteiger partial charge in [0.25, 0.3) is 0 Å². The molecule has 0 amide bonds. The predicted octanol–water partition coefficient (Wildman–Crippen LogP) is 2.93. The molecule has 1 aromatic rings. The Labute approximate surface area is 146 Å². The van der Waals surface area contributed by atoms with Crippen molar-refractivity contribution in [3.8, 4) is 0 Å². The van der Waals surface area contributed by atoms with Crippen LogP contribution in [0.4, 0.5) is 13.2 Å². The number of piperidine rings is 1. The fourth-order valence-electron chi connectivity index (χ4n) is 2.85. The third-order valence-corrected chi connectivity index (χ3v) is 5.50. The first-order valence-corrected chi connectivity index (χ1v) is 9.20. The van der Waals surface area contributed by atoms with Gasteiger partial charge < -0.3 is 5.32 Å². The number of rotatable bonds is 5. The molecule has 0 saturated carbocycles. The van der Waals surface area contributed by atoms with Crippen LogP contribution in [-0.2, 0) is 22.0 Å². The third-order valence-electron chi connectivity index (χ3n) is 4.08. The van der Waals surface area contributed by atoms with E-state index in [0.717, 1.165) is 25.5 Å². The number of sulfonamides is 1. The van der Waals surface area contributed by atoms with Crippen molar-refractivity contribution in [3.63, 3.8) is 0 Å². The molecule has 1 saturated heterocycles. The third kappa shape index (κ3) is 5.91. The summed E-state index contributed by atoms with van der Waals surface area (Å²) in [4.78, 5) is 0. The van der Waals surface area contributed by atoms with Crippen molar-refractivity contribution in [2.75, 3.05) is 13.1 Å². The average Bonchev–Trinajstić information content (AvgIpc) is 2.46. The maximum Gasteiger partial charge on any atom is 0.416 e. The van der Waals surface area contributed by atoms with E-state index in [1.54, 1.807) is 6.92 Å². The van der Waals surface area contributed by atoms with Crippen LogP contribution in [0.2, 0.25) is 0 Å². The Bertz CT molecular complexity index is 632. The molecule has 0 bridgehead atoms. The minimum Gasteiger partial charge on any atom is -0.316 e. The zero-order valence-electron chi connectivity index (χ0n) is 13.3. The molecule has 2 rings (SSSR count). The van der Waals surface area contributed by atoms with Crippen LogP contribution < -0.4 is 10.0 Å². The summed E-state index contributed by atoms with van der Waals surface area (Å²) in [5.74, 6) is -0.524. The van der Waals surface area contributed by atoms with Crippen molar-refractivity contribution in [1.82, 2.24) is 10.0 Å². The molecule has 9 heteroatoms. The van der Waals surface area contributed by atoms with E-state index < -0.39 is 27.5 Å². The van der Waals surface area contributed by atoms with Crippen LogP contribution in [0, 0.1) is 5.92 Å². The minimum atomic E-state index is -4.56. The van der Waals surface area contributed by atoms with Crippen molar-refractivity contribution in [2.45, 2.75) is 37.7 Å². The van der Waals surface area contributed by atoms with Gasteiger partial charge in [-0.25, -0.2) is 13.1 Å². The molecule has 1 heterocycles. The van der Waals surface area contributed by atoms with E-state index in [0.29, 0.717) is 6.54 Å². The van der Waals surface area contributed by atoms with E-state index in [1.165, 1.54) is 18.2 Å². The molecule has 2 atom stereocenters. The van der Waals surface area contributed by atoms with Gasteiger partial charge in [0, 0.05) is 6.04 Å². The molecule has 1 aliphatic rings. The predicted molar refractivity (Wildman–Crippen MR) is 89.5 cm³/mol. The first kappa shape index (κ1) is 21.2. The lowest BCUT2D eigenvalue weighted by Gasteiger charge is -2.28. The molecular weight excluding hydrogens is 365 g/mol. The molecule has 4 nitrogen and oxygen atoms in total. The number of alkyl halides is 3. The van der Waals surface area contributed by atoms with Gasteiger partial charge in [0.2, 0.25) is 10.0 Å². The van der Waals surface area contributed by atoms with E-state index in [4.69, 9.17) is 0 Å². The van der Waals surface area contributed by atoms with Crippen LogP contribution in [-0.4, -0.2) is 27.5 Å². The van der Waals surface area contributed by atoms with Gasteiger partial charge in [-0.2, -0.15) is 13.2 Å². The Morgan fingerprint density at radius 1 is 1.33 bits per heavy atom. The summed E-state index contributed by atoms with van der Waals surface area (Å²) < 4.78 is 65.8. The van der Waals surface area contributed by atoms with Crippen LogP contribution in [0.5, 0.6) is 0 Å². The summed E-state index contributed by atoms with van der Waals surface area (Å²) in [6.07, 6.45) is -2.70. The summed E-state index contributed by atoms with van der Waals surface area (Å²) in [6, 6.07) is 4.46. The molecule has 1 fully saturated rings. The number of halogens is 4. The van der Waals surface area contributed by atoms with Gasteiger partial charge in [0.05, 0.1) is 11.3 Å². The van der Waals surface area contributed by atoms with Crippen LogP contribution >= 0.6 is 12.4 Å². The van der Waals surface area contributed by atoms with E-state index >= 15 is 0 Å². The number of nitrogens with one attached hydrogen (secondary N) is 2. The van der Waals surface area contributed by atoms with Crippen LogP contribution in [0.25, 0.3) is 0 Å². The van der Waals surface area contributed by atoms with Crippen LogP contribution in [0.15, 0.2) is 24.3 Å². The van der Waals surface area contributed by atoms with Gasteiger partial charge in [0.1, 0.15) is 0 Å². The normalized spacial score (nSPS) is 20.2. The number of hydrogen-bond acceptors (Lipinski definition) is 3. The lowest BCUT2D eigenvalue weighted by molar-refractivity contribution is -0.138. The zero-order chi connectivity index (χ0) is 17.1. The zero-order valence-corrected chi connectivity index (χ0v) is 14.9. The molecule has 1 aromatic carbocycles. The van der Waals surface area contributed by atoms with Crippen molar-refractivity contribution in [1.29, 1.82) is 0 Å². The molecule has 24 heavy (non-hydrogen) atoms. The van der Waals surface area contributed by atoms with Gasteiger partial charge in [0.15, 0.2) is 0 Å². The van der Waals surface area contributed by atoms with E-state index in [-0.39, 0.29) is 29.9 Å². The fraction of sp³-hybridized carbons (Fsp3) is 0.600. The second kappa shape index (κ2) is 8.51. The molecule has 1 aliphatic heterocycles. The lowest BCUT2D eigenvalue weighted by Crippen LogP contribution is -2.44. The Hall–Kier alpha value is -0.830. The van der Waals surface area contributed by atoms with Gasteiger partial charge in [-0.05, 0) is 50.4 Å². The number of benzene rings is 1. The summed E-state index contributed by atoms with van der Waals surface area (Å²) in [7, 11) is -3.84. The largest absolute Gasteiger partial charge is 0.416 e. The first-order chi connectivity index (χ1) is 10.7. The van der Waals surface area contributed by atoms with E-state index in [9.17, 15) is 21.6 Å². The van der Waals surface area contributed by atoms with Gasteiger partial charge in [-0.15, -0.1) is 12.4 Å². The van der Waals surface area contributed by atoms with Crippen molar-refractivity contribution in [3.05, 3.63) is 35.4 Å². The highest BCUT2D eigenvalue weighted by molar-refractivity contribution is 7.88. The first-order valence-electron chi connectivity index (χ1n) is 7.55. The minimum absolute atomic E-state index is 0. The molecule has 0 spiro atoms. The van der Waals surface area contributed by atoms with Crippen LogP contribution in [0.1, 0.15) is 30.9 Å². The maximum atomic E-state index is 13.0. The second-order valence-electron chi connectivity index (χ2n) is 5.93. The Morgan fingerprint density at radius 2 is 2.00 bits per heavy atom. The summed E-state index contributed by atoms with van der Waals surface area (Å²) in [6.45, 7) is 3.38. The van der Waals surface area contributed by atoms with Gasteiger partial charge in [-0.3, -0.25) is 0 Å². The second-order valence-corrected chi connectivity index (χ2v) is 7.68. The monoisotopic (exact) mass is 386 g/mol. The van der Waals surface area contributed by atoms with Gasteiger partial charge >= 0.3 is 6.18 Å². The Balaban J connectivity index is 0.00000288. The molecule has 0 radical (unpaired) electrons. The highest BCUT2D eigenvalue weighted by Crippen LogP contribution is 2.32. The number of hydrogen-bond donors (Lipinski definition) is 2. The standard InChI is InChI=1S/C15H21F3N2O2S.ClH/c1-11(12-6-4-8-19-9-12)20-23(21,22)10-13-5-2-3-7-14(13)15(16,17)18;/h2-3,5,7,11-12,19-20H,4,6,8-10H2,1H3;1H.